The molecule has 0 heterocycles. The van der Waals surface area contributed by atoms with Crippen LogP contribution < -0.4 is 0 Å². The first-order valence-corrected chi connectivity index (χ1v) is 10.0. The van der Waals surface area contributed by atoms with E-state index >= 15 is 0 Å². The fourth-order valence-electron chi connectivity index (χ4n) is 1.92. The van der Waals surface area contributed by atoms with Gasteiger partial charge in [0.25, 0.3) is 0 Å². The normalized spacial score (nSPS) is 7.06. The number of hydrogen-bond acceptors (Lipinski definition) is 0. The molecular formula is C30H30LaRe3-3. The fraction of sp³-hybridized carbons (Fsp3) is 0. The van der Waals surface area contributed by atoms with Crippen molar-refractivity contribution in [1.82, 2.24) is 0 Å². The number of rotatable bonds is 0. The van der Waals surface area contributed by atoms with Crippen LogP contribution in [0.2, 0.25) is 0 Å². The maximum absolute atomic E-state index is 2.00. The molecule has 0 saturated carbocycles. The van der Waals surface area contributed by atoms with Crippen LogP contribution in [0.15, 0.2) is 182 Å². The van der Waals surface area contributed by atoms with Gasteiger partial charge in [-0.15, -0.1) is 0 Å². The van der Waals surface area contributed by atoms with Crippen LogP contribution in [-0.2, 0) is 61.3 Å². The Hall–Kier alpha value is -0.718. The molecule has 0 atom stereocenters. The molecule has 177 valence electrons. The molecule has 0 saturated heterocycles. The van der Waals surface area contributed by atoms with E-state index in [1.54, 1.807) is 0 Å². The van der Waals surface area contributed by atoms with Crippen molar-refractivity contribution in [1.29, 1.82) is 0 Å². The largest absolute Gasteiger partial charge is 3.00 e. The first kappa shape index (κ1) is 40.5. The first-order valence-electron chi connectivity index (χ1n) is 10.0. The molecule has 3 radical (unpaired) electrons. The average Bonchev–Trinajstić information content (AvgIpc) is 3.69. The second-order valence-corrected chi connectivity index (χ2v) is 5.77. The van der Waals surface area contributed by atoms with Crippen molar-refractivity contribution < 1.29 is 96.9 Å². The topological polar surface area (TPSA) is 0 Å². The zero-order valence-corrected chi connectivity index (χ0v) is 30.8. The smallest absolute Gasteiger partial charge is 0.214 e. The Balaban J connectivity index is -0.000000155. The van der Waals surface area contributed by atoms with Crippen molar-refractivity contribution >= 4 is 0 Å². The third kappa shape index (κ3) is 33.5. The molecule has 4 heteroatoms. The minimum Gasteiger partial charge on any atom is -0.214 e. The zero-order valence-electron chi connectivity index (χ0n) is 19.0. The van der Waals surface area contributed by atoms with E-state index in [0.717, 1.165) is 0 Å². The van der Waals surface area contributed by atoms with Crippen molar-refractivity contribution in [2.75, 3.05) is 0 Å². The fourth-order valence-corrected chi connectivity index (χ4v) is 1.92. The van der Waals surface area contributed by atoms with Crippen molar-refractivity contribution in [3.05, 3.63) is 182 Å². The molecule has 34 heavy (non-hydrogen) atoms. The third-order valence-electron chi connectivity index (χ3n) is 3.33. The molecule has 0 aliphatic rings. The van der Waals surface area contributed by atoms with Crippen molar-refractivity contribution in [3.63, 3.8) is 0 Å². The summed E-state index contributed by atoms with van der Waals surface area (Å²) in [5.41, 5.74) is 0. The quantitative estimate of drug-likeness (QED) is 0.134. The van der Waals surface area contributed by atoms with E-state index in [-0.39, 0.29) is 96.9 Å². The summed E-state index contributed by atoms with van der Waals surface area (Å²) >= 11 is 0. The van der Waals surface area contributed by atoms with E-state index < -0.39 is 0 Å². The van der Waals surface area contributed by atoms with Crippen LogP contribution in [0, 0.1) is 35.6 Å². The summed E-state index contributed by atoms with van der Waals surface area (Å²) < 4.78 is 0. The molecule has 0 aromatic heterocycles. The van der Waals surface area contributed by atoms with E-state index in [9.17, 15) is 0 Å². The van der Waals surface area contributed by atoms with Gasteiger partial charge >= 0.3 is 35.6 Å². The van der Waals surface area contributed by atoms with Crippen LogP contribution in [0.5, 0.6) is 0 Å². The van der Waals surface area contributed by atoms with Crippen LogP contribution >= 0.6 is 0 Å². The standard InChI is InChI=1S/6C5H5.La.3Re/c6*1-2-4-5-3-1;;;;/h6*1-5H;;;;/q6*-1;+3;;;. The van der Waals surface area contributed by atoms with Crippen LogP contribution in [0.3, 0.4) is 0 Å². The minimum atomic E-state index is 0. The summed E-state index contributed by atoms with van der Waals surface area (Å²) in [6.07, 6.45) is 0. The molecule has 6 aromatic rings. The van der Waals surface area contributed by atoms with Gasteiger partial charge in [0.2, 0.25) is 0 Å². The van der Waals surface area contributed by atoms with Gasteiger partial charge in [0, 0.05) is 61.3 Å². The predicted octanol–water partition coefficient (Wildman–Crippen LogP) is 8.43. The summed E-state index contributed by atoms with van der Waals surface area (Å²) in [6, 6.07) is 60.0. The van der Waals surface area contributed by atoms with Gasteiger partial charge in [0.05, 0.1) is 0 Å². The molecule has 6 rings (SSSR count). The van der Waals surface area contributed by atoms with E-state index in [1.807, 2.05) is 182 Å². The summed E-state index contributed by atoms with van der Waals surface area (Å²) in [5.74, 6) is 0. The minimum absolute atomic E-state index is 0. The molecule has 0 aliphatic carbocycles. The summed E-state index contributed by atoms with van der Waals surface area (Å²) in [4.78, 5) is 0. The molecule has 0 amide bonds. The summed E-state index contributed by atoms with van der Waals surface area (Å²) in [6.45, 7) is 0. The van der Waals surface area contributed by atoms with Gasteiger partial charge in [-0.1, -0.05) is 0 Å². The van der Waals surface area contributed by atoms with Crippen molar-refractivity contribution in [2.45, 2.75) is 0 Å². The van der Waals surface area contributed by atoms with Gasteiger partial charge in [0.15, 0.2) is 0 Å². The Kier molecular flexibility index (Phi) is 43.8. The first-order chi connectivity index (χ1) is 15.0. The van der Waals surface area contributed by atoms with Gasteiger partial charge < -0.3 is 0 Å². The van der Waals surface area contributed by atoms with Crippen molar-refractivity contribution in [3.8, 4) is 0 Å². The van der Waals surface area contributed by atoms with Gasteiger partial charge in [-0.2, -0.15) is 109 Å². The van der Waals surface area contributed by atoms with Gasteiger partial charge in [-0.3, -0.25) is 0 Å². The summed E-state index contributed by atoms with van der Waals surface area (Å²) in [5, 5.41) is 0. The molecular weight excluding hydrogens is 1060 g/mol. The molecule has 0 bridgehead atoms. The molecule has 0 fully saturated rings. The van der Waals surface area contributed by atoms with Crippen LogP contribution in [-0.4, -0.2) is 0 Å². The second-order valence-electron chi connectivity index (χ2n) is 5.77. The maximum atomic E-state index is 2.00. The van der Waals surface area contributed by atoms with Crippen molar-refractivity contribution in [2.24, 2.45) is 0 Å². The Morgan fingerprint density at radius 2 is 0.294 bits per heavy atom. The Labute approximate surface area is 275 Å². The SMILES string of the molecule is [La+3].[Re].[Re].[Re].c1cc[cH-]c1.c1cc[cH-]c1.c1cc[cH-]c1.c1cc[cH-]c1.c1cc[cH-]c1.c1cc[cH-]c1. The predicted molar refractivity (Wildman–Crippen MR) is 132 cm³/mol. The van der Waals surface area contributed by atoms with Gasteiger partial charge in [0.1, 0.15) is 0 Å². The summed E-state index contributed by atoms with van der Waals surface area (Å²) in [7, 11) is 0. The third-order valence-corrected chi connectivity index (χ3v) is 3.33. The Morgan fingerprint density at radius 1 is 0.206 bits per heavy atom. The monoisotopic (exact) mass is 1090 g/mol. The molecule has 0 spiro atoms. The van der Waals surface area contributed by atoms with E-state index in [2.05, 4.69) is 0 Å². The maximum Gasteiger partial charge on any atom is 3.00 e. The molecule has 6 aromatic carbocycles. The average molecular weight is 1090 g/mol. The Bertz CT molecular complexity index is 564. The molecule has 0 unspecified atom stereocenters. The van der Waals surface area contributed by atoms with Gasteiger partial charge in [-0.25, -0.2) is 72.8 Å². The van der Waals surface area contributed by atoms with Crippen LogP contribution in [0.1, 0.15) is 0 Å². The number of hydrogen-bond donors (Lipinski definition) is 0. The Morgan fingerprint density at radius 3 is 0.324 bits per heavy atom. The van der Waals surface area contributed by atoms with Crippen LogP contribution in [0.4, 0.5) is 0 Å². The van der Waals surface area contributed by atoms with E-state index in [4.69, 9.17) is 0 Å². The van der Waals surface area contributed by atoms with E-state index in [0.29, 0.717) is 0 Å². The molecule has 0 aliphatic heterocycles. The molecule has 0 N–H and O–H groups in total. The van der Waals surface area contributed by atoms with Gasteiger partial charge in [-0.05, 0) is 0 Å². The van der Waals surface area contributed by atoms with Crippen LogP contribution in [0.25, 0.3) is 0 Å². The molecule has 0 nitrogen and oxygen atoms in total. The zero-order chi connectivity index (χ0) is 21.2. The second kappa shape index (κ2) is 36.8. The van der Waals surface area contributed by atoms with E-state index in [1.165, 1.54) is 0 Å².